The van der Waals surface area contributed by atoms with E-state index in [2.05, 4.69) is 25.3 Å². The Labute approximate surface area is 209 Å². The van der Waals surface area contributed by atoms with Gasteiger partial charge in [-0.25, -0.2) is 9.13 Å². The van der Waals surface area contributed by atoms with Gasteiger partial charge in [0.05, 0.1) is 19.8 Å². The zero-order valence-corrected chi connectivity index (χ0v) is 23.9. The van der Waals surface area contributed by atoms with Crippen LogP contribution in [0.3, 0.4) is 0 Å². The summed E-state index contributed by atoms with van der Waals surface area (Å²) in [5.74, 6) is 0. The van der Waals surface area contributed by atoms with Crippen LogP contribution in [0.1, 0.15) is 136 Å². The predicted octanol–water partition coefficient (Wildman–Crippen LogP) is 8.30. The molecule has 0 aliphatic rings. The molecule has 0 unspecified atom stereocenters. The van der Waals surface area contributed by atoms with Crippen LogP contribution < -0.4 is 0 Å². The Morgan fingerprint density at radius 2 is 0.706 bits per heavy atom. The largest absolute Gasteiger partial charge is 0.472 e. The van der Waals surface area contributed by atoms with Crippen molar-refractivity contribution in [3.8, 4) is 0 Å². The third kappa shape index (κ3) is 34.4. The molecule has 0 aliphatic carbocycles. The number of phosphoric acid groups is 2. The van der Waals surface area contributed by atoms with Crippen molar-refractivity contribution >= 4 is 15.6 Å². The summed E-state index contributed by atoms with van der Waals surface area (Å²) in [4.78, 5) is 26.2. The fraction of sp³-hybridized carbons (Fsp3) is 1.00. The Morgan fingerprint density at radius 3 is 1.00 bits per heavy atom. The molecule has 0 heterocycles. The van der Waals surface area contributed by atoms with Crippen molar-refractivity contribution in [2.24, 2.45) is 0 Å². The van der Waals surface area contributed by atoms with Crippen LogP contribution in [0.25, 0.3) is 0 Å². The minimum Gasteiger partial charge on any atom is -0.303 e. The van der Waals surface area contributed by atoms with Gasteiger partial charge in [-0.05, 0) is 19.3 Å². The van der Waals surface area contributed by atoms with E-state index in [0.717, 1.165) is 44.9 Å². The first-order chi connectivity index (χ1) is 16.2. The predicted molar refractivity (Wildman–Crippen MR) is 140 cm³/mol. The van der Waals surface area contributed by atoms with E-state index in [1.807, 2.05) is 0 Å². The standard InChI is InChI=1S/C16H35O4P.C8H19O4P/c1-3-5-7-9-11-13-15-19-21(17,18)20-16-14-12-10-8-6-4-2;1-2-3-4-5-6-7-8-12-13(9,10)11/h3-16H2,1-2H3,(H,17,18);2-8H2,1H3,(H2,9,10,11). The van der Waals surface area contributed by atoms with E-state index in [1.165, 1.54) is 70.6 Å². The van der Waals surface area contributed by atoms with Crippen molar-refractivity contribution < 1.29 is 37.4 Å². The van der Waals surface area contributed by atoms with Crippen LogP contribution in [0.15, 0.2) is 0 Å². The molecule has 0 amide bonds. The summed E-state index contributed by atoms with van der Waals surface area (Å²) >= 11 is 0. The maximum atomic E-state index is 11.6. The van der Waals surface area contributed by atoms with Gasteiger partial charge >= 0.3 is 15.6 Å². The molecule has 0 saturated carbocycles. The van der Waals surface area contributed by atoms with Crippen molar-refractivity contribution in [2.45, 2.75) is 136 Å². The van der Waals surface area contributed by atoms with Crippen LogP contribution in [0.2, 0.25) is 0 Å². The lowest BCUT2D eigenvalue weighted by molar-refractivity contribution is 0.145. The number of rotatable bonds is 24. The molecule has 10 heteroatoms. The van der Waals surface area contributed by atoms with Crippen LogP contribution in [0, 0.1) is 0 Å². The van der Waals surface area contributed by atoms with E-state index < -0.39 is 15.6 Å². The second-order valence-corrected chi connectivity index (χ2v) is 11.5. The Balaban J connectivity index is 0. The van der Waals surface area contributed by atoms with Crippen LogP contribution in [0.4, 0.5) is 0 Å². The summed E-state index contributed by atoms with van der Waals surface area (Å²) in [5, 5.41) is 0. The second kappa shape index (κ2) is 26.3. The van der Waals surface area contributed by atoms with Crippen molar-refractivity contribution in [1.82, 2.24) is 0 Å². The first-order valence-electron chi connectivity index (χ1n) is 13.5. The summed E-state index contributed by atoms with van der Waals surface area (Å²) in [7, 11) is -8.04. The highest BCUT2D eigenvalue weighted by molar-refractivity contribution is 7.47. The van der Waals surface area contributed by atoms with Gasteiger partial charge in [0, 0.05) is 0 Å². The van der Waals surface area contributed by atoms with E-state index in [4.69, 9.17) is 18.8 Å². The molecule has 0 aromatic carbocycles. The maximum Gasteiger partial charge on any atom is 0.472 e. The topological polar surface area (TPSA) is 123 Å². The Bertz CT molecular complexity index is 477. The summed E-state index contributed by atoms with van der Waals surface area (Å²) < 4.78 is 36.1. The van der Waals surface area contributed by atoms with Crippen molar-refractivity contribution in [3.05, 3.63) is 0 Å². The lowest BCUT2D eigenvalue weighted by Gasteiger charge is -2.12. The highest BCUT2D eigenvalue weighted by atomic mass is 31.2. The fourth-order valence-electron chi connectivity index (χ4n) is 3.23. The average molecular weight is 533 g/mol. The highest BCUT2D eigenvalue weighted by Gasteiger charge is 2.19. The normalized spacial score (nSPS) is 11.9. The number of phosphoric ester groups is 2. The molecule has 0 aromatic heterocycles. The zero-order chi connectivity index (χ0) is 26.0. The van der Waals surface area contributed by atoms with Crippen LogP contribution in [0.5, 0.6) is 0 Å². The summed E-state index contributed by atoms with van der Waals surface area (Å²) in [5.41, 5.74) is 0. The molecule has 0 bridgehead atoms. The summed E-state index contributed by atoms with van der Waals surface area (Å²) in [6.07, 6.45) is 20.1. The molecule has 3 N–H and O–H groups in total. The molecular formula is C24H54O8P2. The minimum atomic E-state index is -4.23. The van der Waals surface area contributed by atoms with Crippen LogP contribution in [-0.4, -0.2) is 34.5 Å². The smallest absolute Gasteiger partial charge is 0.303 e. The molecule has 0 spiro atoms. The molecule has 8 nitrogen and oxygen atoms in total. The van der Waals surface area contributed by atoms with Gasteiger partial charge in [-0.3, -0.25) is 13.6 Å². The number of hydrogen-bond acceptors (Lipinski definition) is 5. The van der Waals surface area contributed by atoms with Crippen molar-refractivity contribution in [3.63, 3.8) is 0 Å². The van der Waals surface area contributed by atoms with Gasteiger partial charge in [0.15, 0.2) is 0 Å². The maximum absolute atomic E-state index is 11.6. The fourth-order valence-corrected chi connectivity index (χ4v) is 4.39. The Morgan fingerprint density at radius 1 is 0.441 bits per heavy atom. The second-order valence-electron chi connectivity index (χ2n) is 8.76. The van der Waals surface area contributed by atoms with Crippen molar-refractivity contribution in [1.29, 1.82) is 0 Å². The van der Waals surface area contributed by atoms with E-state index in [-0.39, 0.29) is 6.61 Å². The quantitative estimate of drug-likeness (QED) is 0.0838. The molecule has 34 heavy (non-hydrogen) atoms. The SMILES string of the molecule is CCCCCCCCOP(=O)(O)O.CCCCCCCCOP(=O)(O)OCCCCCCCC. The van der Waals surface area contributed by atoms with Gasteiger partial charge in [-0.15, -0.1) is 0 Å². The van der Waals surface area contributed by atoms with Crippen LogP contribution in [-0.2, 0) is 22.7 Å². The van der Waals surface area contributed by atoms with Gasteiger partial charge in [0.1, 0.15) is 0 Å². The third-order valence-electron chi connectivity index (χ3n) is 5.26. The van der Waals surface area contributed by atoms with E-state index in [0.29, 0.717) is 13.2 Å². The highest BCUT2D eigenvalue weighted by Crippen LogP contribution is 2.43. The molecule has 0 radical (unpaired) electrons. The molecule has 0 aromatic rings. The Kier molecular flexibility index (Phi) is 28.1. The molecule has 208 valence electrons. The minimum absolute atomic E-state index is 0.163. The summed E-state index contributed by atoms with van der Waals surface area (Å²) in [6.45, 7) is 7.32. The molecule has 0 rings (SSSR count). The van der Waals surface area contributed by atoms with Gasteiger partial charge in [0.2, 0.25) is 0 Å². The van der Waals surface area contributed by atoms with E-state index in [9.17, 15) is 14.0 Å². The van der Waals surface area contributed by atoms with E-state index in [1.54, 1.807) is 0 Å². The lowest BCUT2D eigenvalue weighted by atomic mass is 10.1. The average Bonchev–Trinajstić information content (AvgIpc) is 2.77. The van der Waals surface area contributed by atoms with Gasteiger partial charge in [-0.2, -0.15) is 0 Å². The molecule has 0 aliphatic heterocycles. The molecule has 0 saturated heterocycles. The molecule has 0 fully saturated rings. The molecular weight excluding hydrogens is 478 g/mol. The Hall–Kier alpha value is 0.220. The number of unbranched alkanes of at least 4 members (excludes halogenated alkanes) is 15. The van der Waals surface area contributed by atoms with E-state index >= 15 is 0 Å². The van der Waals surface area contributed by atoms with Gasteiger partial charge in [0.25, 0.3) is 0 Å². The molecule has 0 atom stereocenters. The van der Waals surface area contributed by atoms with Crippen LogP contribution >= 0.6 is 15.6 Å². The van der Waals surface area contributed by atoms with Gasteiger partial charge in [-0.1, -0.05) is 117 Å². The first-order valence-corrected chi connectivity index (χ1v) is 16.5. The summed E-state index contributed by atoms with van der Waals surface area (Å²) in [6, 6.07) is 0. The van der Waals surface area contributed by atoms with Gasteiger partial charge < -0.3 is 14.7 Å². The van der Waals surface area contributed by atoms with Crippen molar-refractivity contribution in [2.75, 3.05) is 19.8 Å². The number of hydrogen-bond donors (Lipinski definition) is 3. The lowest BCUT2D eigenvalue weighted by Crippen LogP contribution is -1.99. The first kappa shape index (κ1) is 36.4. The third-order valence-corrected chi connectivity index (χ3v) is 6.80. The zero-order valence-electron chi connectivity index (χ0n) is 22.1. The monoisotopic (exact) mass is 532 g/mol.